The number of nitrogens with one attached hydrogen (secondary N) is 1. The van der Waals surface area contributed by atoms with Crippen LogP contribution in [0.15, 0.2) is 17.2 Å². The summed E-state index contributed by atoms with van der Waals surface area (Å²) in [5.74, 6) is 0. The van der Waals surface area contributed by atoms with Crippen LogP contribution in [0.3, 0.4) is 0 Å². The van der Waals surface area contributed by atoms with Crippen molar-refractivity contribution in [2.75, 3.05) is 5.73 Å². The molecule has 0 heterocycles. The van der Waals surface area contributed by atoms with Gasteiger partial charge in [-0.2, -0.15) is 5.11 Å². The first-order valence-electron chi connectivity index (χ1n) is 3.40. The molecule has 0 spiro atoms. The van der Waals surface area contributed by atoms with E-state index in [2.05, 4.69) is 5.11 Å². The Morgan fingerprint density at radius 2 is 1.91 bits per heavy atom. The van der Waals surface area contributed by atoms with Crippen molar-refractivity contribution in [1.29, 1.82) is 5.53 Å². The predicted molar refractivity (Wildman–Crippen MR) is 45.1 cm³/mol. The van der Waals surface area contributed by atoms with Crippen molar-refractivity contribution in [2.24, 2.45) is 5.11 Å². The molecule has 58 valence electrons. The SMILES string of the molecule is Cc1c(N)ccc(N=N)c1C. The number of rotatable bonds is 1. The minimum Gasteiger partial charge on any atom is -0.399 e. The van der Waals surface area contributed by atoms with E-state index in [9.17, 15) is 0 Å². The molecule has 11 heavy (non-hydrogen) atoms. The third-order valence-electron chi connectivity index (χ3n) is 1.92. The molecule has 3 nitrogen and oxygen atoms in total. The van der Waals surface area contributed by atoms with Gasteiger partial charge in [-0.15, -0.1) is 0 Å². The van der Waals surface area contributed by atoms with E-state index < -0.39 is 0 Å². The van der Waals surface area contributed by atoms with Gasteiger partial charge in [0.25, 0.3) is 0 Å². The monoisotopic (exact) mass is 149 g/mol. The summed E-state index contributed by atoms with van der Waals surface area (Å²) in [5, 5.41) is 3.37. The highest BCUT2D eigenvalue weighted by Crippen LogP contribution is 2.25. The summed E-state index contributed by atoms with van der Waals surface area (Å²) in [5.41, 5.74) is 15.9. The molecule has 0 aromatic heterocycles. The molecule has 1 aromatic rings. The summed E-state index contributed by atoms with van der Waals surface area (Å²) in [6, 6.07) is 3.53. The zero-order valence-corrected chi connectivity index (χ0v) is 6.68. The van der Waals surface area contributed by atoms with Crippen LogP contribution in [-0.4, -0.2) is 0 Å². The molecule has 1 aromatic carbocycles. The van der Waals surface area contributed by atoms with Gasteiger partial charge in [0.15, 0.2) is 0 Å². The molecular formula is C8H11N3. The zero-order valence-electron chi connectivity index (χ0n) is 6.68. The molecule has 0 saturated heterocycles. The lowest BCUT2D eigenvalue weighted by molar-refractivity contribution is 1.12. The highest BCUT2D eigenvalue weighted by molar-refractivity contribution is 5.59. The average Bonchev–Trinajstić information content (AvgIpc) is 2.01. The van der Waals surface area contributed by atoms with E-state index in [0.717, 1.165) is 16.8 Å². The number of benzene rings is 1. The van der Waals surface area contributed by atoms with Gasteiger partial charge in [0.2, 0.25) is 0 Å². The van der Waals surface area contributed by atoms with Crippen molar-refractivity contribution < 1.29 is 0 Å². The van der Waals surface area contributed by atoms with E-state index >= 15 is 0 Å². The van der Waals surface area contributed by atoms with Crippen LogP contribution in [0.25, 0.3) is 0 Å². The van der Waals surface area contributed by atoms with E-state index in [-0.39, 0.29) is 0 Å². The second-order valence-electron chi connectivity index (χ2n) is 2.54. The van der Waals surface area contributed by atoms with E-state index in [0.29, 0.717) is 5.69 Å². The molecule has 0 saturated carbocycles. The third kappa shape index (κ3) is 1.22. The topological polar surface area (TPSA) is 62.2 Å². The molecule has 0 atom stereocenters. The molecule has 1 rings (SSSR count). The van der Waals surface area contributed by atoms with E-state index in [4.69, 9.17) is 11.3 Å². The molecule has 3 heteroatoms. The Morgan fingerprint density at radius 1 is 1.27 bits per heavy atom. The smallest absolute Gasteiger partial charge is 0.0883 e. The lowest BCUT2D eigenvalue weighted by atomic mass is 10.1. The molecule has 0 radical (unpaired) electrons. The summed E-state index contributed by atoms with van der Waals surface area (Å²) in [4.78, 5) is 0. The van der Waals surface area contributed by atoms with Gasteiger partial charge in [0, 0.05) is 5.69 Å². The van der Waals surface area contributed by atoms with Crippen LogP contribution in [-0.2, 0) is 0 Å². The largest absolute Gasteiger partial charge is 0.399 e. The van der Waals surface area contributed by atoms with Gasteiger partial charge in [0.05, 0.1) is 5.69 Å². The van der Waals surface area contributed by atoms with E-state index in [1.807, 2.05) is 13.8 Å². The summed E-state index contributed by atoms with van der Waals surface area (Å²) < 4.78 is 0. The van der Waals surface area contributed by atoms with Crippen LogP contribution in [0.4, 0.5) is 11.4 Å². The lowest BCUT2D eigenvalue weighted by Crippen LogP contribution is -1.91. The molecular weight excluding hydrogens is 138 g/mol. The van der Waals surface area contributed by atoms with Crippen LogP contribution in [0.5, 0.6) is 0 Å². The number of hydrogen-bond donors (Lipinski definition) is 2. The van der Waals surface area contributed by atoms with Crippen LogP contribution in [0.2, 0.25) is 0 Å². The third-order valence-corrected chi connectivity index (χ3v) is 1.92. The molecule has 0 aliphatic rings. The molecule has 0 aliphatic carbocycles. The van der Waals surface area contributed by atoms with Gasteiger partial charge in [0.1, 0.15) is 0 Å². The van der Waals surface area contributed by atoms with E-state index in [1.165, 1.54) is 0 Å². The number of anilines is 1. The fraction of sp³-hybridized carbons (Fsp3) is 0.250. The maximum Gasteiger partial charge on any atom is 0.0883 e. The molecule has 0 bridgehead atoms. The fourth-order valence-electron chi connectivity index (χ4n) is 0.948. The normalized spacial score (nSPS) is 9.64. The Hall–Kier alpha value is -1.38. The van der Waals surface area contributed by atoms with Gasteiger partial charge in [-0.05, 0) is 37.1 Å². The quantitative estimate of drug-likeness (QED) is 0.467. The van der Waals surface area contributed by atoms with Crippen molar-refractivity contribution in [3.05, 3.63) is 23.3 Å². The maximum absolute atomic E-state index is 6.84. The summed E-state index contributed by atoms with van der Waals surface area (Å²) in [6.07, 6.45) is 0. The summed E-state index contributed by atoms with van der Waals surface area (Å²) in [6.45, 7) is 3.85. The average molecular weight is 149 g/mol. The Morgan fingerprint density at radius 3 is 2.45 bits per heavy atom. The van der Waals surface area contributed by atoms with Crippen molar-refractivity contribution in [2.45, 2.75) is 13.8 Å². The Labute approximate surface area is 65.7 Å². The highest BCUT2D eigenvalue weighted by Gasteiger charge is 2.01. The summed E-state index contributed by atoms with van der Waals surface area (Å²) in [7, 11) is 0. The number of hydrogen-bond acceptors (Lipinski definition) is 3. The number of nitrogen functional groups attached to an aromatic ring is 1. The maximum atomic E-state index is 6.84. The summed E-state index contributed by atoms with van der Waals surface area (Å²) >= 11 is 0. The van der Waals surface area contributed by atoms with Crippen molar-refractivity contribution in [3.8, 4) is 0 Å². The first-order chi connectivity index (χ1) is 5.16. The fourth-order valence-corrected chi connectivity index (χ4v) is 0.948. The lowest BCUT2D eigenvalue weighted by Gasteiger charge is -2.05. The number of nitrogens with zero attached hydrogens (tertiary/aromatic N) is 1. The second-order valence-corrected chi connectivity index (χ2v) is 2.54. The van der Waals surface area contributed by atoms with E-state index in [1.54, 1.807) is 12.1 Å². The molecule has 0 fully saturated rings. The molecule has 3 N–H and O–H groups in total. The Kier molecular flexibility index (Phi) is 1.89. The first kappa shape index (κ1) is 7.72. The Balaban J connectivity index is 3.36. The highest BCUT2D eigenvalue weighted by atomic mass is 15.0. The molecule has 0 amide bonds. The predicted octanol–water partition coefficient (Wildman–Crippen LogP) is 2.55. The Bertz CT molecular complexity index is 292. The molecule has 0 aliphatic heterocycles. The minimum absolute atomic E-state index is 0.691. The second kappa shape index (κ2) is 2.70. The van der Waals surface area contributed by atoms with Crippen molar-refractivity contribution in [3.63, 3.8) is 0 Å². The van der Waals surface area contributed by atoms with Gasteiger partial charge >= 0.3 is 0 Å². The van der Waals surface area contributed by atoms with Crippen LogP contribution >= 0.6 is 0 Å². The van der Waals surface area contributed by atoms with Gasteiger partial charge in [-0.25, -0.2) is 5.53 Å². The van der Waals surface area contributed by atoms with Crippen molar-refractivity contribution >= 4 is 11.4 Å². The van der Waals surface area contributed by atoms with Crippen LogP contribution < -0.4 is 5.73 Å². The minimum atomic E-state index is 0.691. The standard InChI is InChI=1S/C8H11N3/c1-5-6(2)8(11-10)4-3-7(5)9/h3-4,10H,9H2,1-2H3. The van der Waals surface area contributed by atoms with Gasteiger partial charge in [-0.3, -0.25) is 0 Å². The van der Waals surface area contributed by atoms with Crippen LogP contribution in [0, 0.1) is 19.4 Å². The zero-order chi connectivity index (χ0) is 8.43. The van der Waals surface area contributed by atoms with Gasteiger partial charge < -0.3 is 5.73 Å². The van der Waals surface area contributed by atoms with Crippen molar-refractivity contribution in [1.82, 2.24) is 0 Å². The van der Waals surface area contributed by atoms with Crippen LogP contribution in [0.1, 0.15) is 11.1 Å². The first-order valence-corrected chi connectivity index (χ1v) is 3.40. The molecule has 0 unspecified atom stereocenters. The number of nitrogens with two attached hydrogens (primary N) is 1. The van der Waals surface area contributed by atoms with Gasteiger partial charge in [-0.1, -0.05) is 0 Å².